The summed E-state index contributed by atoms with van der Waals surface area (Å²) >= 11 is 1.75. The van der Waals surface area contributed by atoms with Crippen LogP contribution in [0.25, 0.3) is 16.7 Å². The van der Waals surface area contributed by atoms with Crippen LogP contribution in [0.2, 0.25) is 0 Å². The third-order valence-corrected chi connectivity index (χ3v) is 5.74. The van der Waals surface area contributed by atoms with E-state index in [-0.39, 0.29) is 11.6 Å². The Morgan fingerprint density at radius 2 is 2.00 bits per heavy atom. The highest BCUT2D eigenvalue weighted by Crippen LogP contribution is 2.25. The molecule has 0 aliphatic rings. The molecule has 3 heterocycles. The molecule has 3 aromatic heterocycles. The van der Waals surface area contributed by atoms with E-state index in [9.17, 15) is 4.79 Å². The average Bonchev–Trinajstić information content (AvgIpc) is 3.29. The minimum absolute atomic E-state index is 0.0534. The van der Waals surface area contributed by atoms with Crippen LogP contribution >= 0.6 is 11.3 Å². The molecule has 4 aromatic rings. The maximum atomic E-state index is 12.5. The Morgan fingerprint density at radius 3 is 2.76 bits per heavy atom. The van der Waals surface area contributed by atoms with E-state index < -0.39 is 0 Å². The number of para-hydroxylation sites is 1. The summed E-state index contributed by atoms with van der Waals surface area (Å²) in [6, 6.07) is 12.1. The summed E-state index contributed by atoms with van der Waals surface area (Å²) in [6.45, 7) is 2.82. The van der Waals surface area contributed by atoms with Crippen molar-refractivity contribution in [1.29, 1.82) is 0 Å². The summed E-state index contributed by atoms with van der Waals surface area (Å²) in [5, 5.41) is 11.4. The van der Waals surface area contributed by atoms with Crippen LogP contribution < -0.4 is 5.56 Å². The third kappa shape index (κ3) is 2.56. The molecule has 0 radical (unpaired) electrons. The Labute approximate surface area is 149 Å². The molecule has 1 aromatic carbocycles. The van der Waals surface area contributed by atoms with Crippen LogP contribution in [0, 0.1) is 0 Å². The molecule has 0 N–H and O–H groups in total. The van der Waals surface area contributed by atoms with Crippen molar-refractivity contribution in [1.82, 2.24) is 24.1 Å². The molecule has 128 valence electrons. The first kappa shape index (κ1) is 16.0. The minimum Gasteiger partial charge on any atom is -0.291 e. The predicted octanol–water partition coefficient (Wildman–Crippen LogP) is 2.84. The quantitative estimate of drug-likeness (QED) is 0.566. The molecule has 25 heavy (non-hydrogen) atoms. The van der Waals surface area contributed by atoms with Gasteiger partial charge in [0.05, 0.1) is 17.4 Å². The predicted molar refractivity (Wildman–Crippen MR) is 99.9 cm³/mol. The molecule has 7 heteroatoms. The van der Waals surface area contributed by atoms with Crippen molar-refractivity contribution in [2.24, 2.45) is 7.05 Å². The Bertz CT molecular complexity index is 1100. The molecule has 0 aliphatic carbocycles. The molecular formula is C18H19N5OS. The van der Waals surface area contributed by atoms with Gasteiger partial charge < -0.3 is 0 Å². The van der Waals surface area contributed by atoms with E-state index in [2.05, 4.69) is 46.6 Å². The lowest BCUT2D eigenvalue weighted by Crippen LogP contribution is -2.24. The summed E-state index contributed by atoms with van der Waals surface area (Å²) in [5.41, 5.74) is 0.792. The van der Waals surface area contributed by atoms with Crippen LogP contribution in [0.5, 0.6) is 0 Å². The van der Waals surface area contributed by atoms with E-state index in [0.29, 0.717) is 17.7 Å². The summed E-state index contributed by atoms with van der Waals surface area (Å²) < 4.78 is 3.54. The van der Waals surface area contributed by atoms with Crippen molar-refractivity contribution in [2.75, 3.05) is 7.05 Å². The van der Waals surface area contributed by atoms with Gasteiger partial charge in [0.15, 0.2) is 5.82 Å². The number of benzene rings is 1. The highest BCUT2D eigenvalue weighted by Gasteiger charge is 2.18. The van der Waals surface area contributed by atoms with Crippen LogP contribution in [-0.4, -0.2) is 31.1 Å². The molecule has 0 bridgehead atoms. The summed E-state index contributed by atoms with van der Waals surface area (Å²) in [6.07, 6.45) is 0. The third-order valence-electron chi connectivity index (χ3n) is 4.70. The lowest BCUT2D eigenvalue weighted by molar-refractivity contribution is 0.249. The Balaban J connectivity index is 1.82. The molecule has 0 spiro atoms. The fraction of sp³-hybridized carbons (Fsp3) is 0.278. The van der Waals surface area contributed by atoms with Gasteiger partial charge in [-0.1, -0.05) is 18.2 Å². The van der Waals surface area contributed by atoms with Gasteiger partial charge in [0.1, 0.15) is 0 Å². The number of rotatable bonds is 4. The van der Waals surface area contributed by atoms with Gasteiger partial charge in [0.25, 0.3) is 5.56 Å². The summed E-state index contributed by atoms with van der Waals surface area (Å²) in [5.74, 6) is 1.39. The second-order valence-electron chi connectivity index (χ2n) is 6.24. The molecule has 0 fully saturated rings. The first-order valence-corrected chi connectivity index (χ1v) is 9.01. The van der Waals surface area contributed by atoms with Crippen molar-refractivity contribution in [3.63, 3.8) is 0 Å². The molecule has 0 saturated carbocycles. The van der Waals surface area contributed by atoms with Gasteiger partial charge in [-0.2, -0.15) is 0 Å². The monoisotopic (exact) mass is 353 g/mol. The van der Waals surface area contributed by atoms with Crippen LogP contribution in [0.4, 0.5) is 0 Å². The van der Waals surface area contributed by atoms with Gasteiger partial charge in [-0.05, 0) is 37.6 Å². The van der Waals surface area contributed by atoms with E-state index in [1.165, 1.54) is 4.88 Å². The Morgan fingerprint density at radius 1 is 1.20 bits per heavy atom. The average molecular weight is 353 g/mol. The fourth-order valence-electron chi connectivity index (χ4n) is 3.10. The zero-order chi connectivity index (χ0) is 17.6. The number of hydrogen-bond acceptors (Lipinski definition) is 5. The van der Waals surface area contributed by atoms with Crippen LogP contribution in [0.3, 0.4) is 0 Å². The number of thiophene rings is 1. The number of aryl methyl sites for hydroxylation is 1. The zero-order valence-electron chi connectivity index (χ0n) is 14.4. The largest absolute Gasteiger partial charge is 0.291 e. The number of aromatic nitrogens is 4. The highest BCUT2D eigenvalue weighted by molar-refractivity contribution is 7.10. The Kier molecular flexibility index (Phi) is 3.89. The van der Waals surface area contributed by atoms with Crippen molar-refractivity contribution >= 4 is 28.0 Å². The van der Waals surface area contributed by atoms with E-state index in [4.69, 9.17) is 0 Å². The number of hydrogen-bond donors (Lipinski definition) is 0. The lowest BCUT2D eigenvalue weighted by atomic mass is 10.2. The topological polar surface area (TPSA) is 55.4 Å². The maximum Gasteiger partial charge on any atom is 0.262 e. The van der Waals surface area contributed by atoms with Crippen molar-refractivity contribution < 1.29 is 0 Å². The van der Waals surface area contributed by atoms with Gasteiger partial charge in [-0.15, -0.1) is 21.5 Å². The van der Waals surface area contributed by atoms with E-state index in [1.807, 2.05) is 28.7 Å². The smallest absolute Gasteiger partial charge is 0.262 e. The van der Waals surface area contributed by atoms with Crippen LogP contribution in [-0.2, 0) is 13.6 Å². The molecule has 0 aliphatic heterocycles. The van der Waals surface area contributed by atoms with E-state index >= 15 is 0 Å². The molecule has 6 nitrogen and oxygen atoms in total. The lowest BCUT2D eigenvalue weighted by Gasteiger charge is -2.23. The van der Waals surface area contributed by atoms with Crippen LogP contribution in [0.15, 0.2) is 46.6 Å². The van der Waals surface area contributed by atoms with Crippen molar-refractivity contribution in [2.45, 2.75) is 19.5 Å². The van der Waals surface area contributed by atoms with E-state index in [1.54, 1.807) is 23.0 Å². The molecule has 4 rings (SSSR count). The summed E-state index contributed by atoms with van der Waals surface area (Å²) in [7, 11) is 3.82. The van der Waals surface area contributed by atoms with Gasteiger partial charge in [-0.25, -0.2) is 0 Å². The van der Waals surface area contributed by atoms with Crippen LogP contribution in [0.1, 0.15) is 23.7 Å². The Hall–Kier alpha value is -2.51. The molecule has 1 unspecified atom stereocenters. The van der Waals surface area contributed by atoms with Gasteiger partial charge >= 0.3 is 0 Å². The first-order valence-electron chi connectivity index (χ1n) is 8.13. The second kappa shape index (κ2) is 6.09. The standard InChI is InChI=1S/C18H19N5OS/c1-12(15-9-6-10-25-15)21(2)11-16-19-20-18-22(3)17(24)13-7-4-5-8-14(13)23(16)18/h4-10,12H,11H2,1-3H3. The molecule has 0 amide bonds. The van der Waals surface area contributed by atoms with Gasteiger partial charge in [0, 0.05) is 18.0 Å². The van der Waals surface area contributed by atoms with Crippen molar-refractivity contribution in [3.8, 4) is 0 Å². The molecule has 0 saturated heterocycles. The first-order chi connectivity index (χ1) is 12.1. The molecule has 1 atom stereocenters. The second-order valence-corrected chi connectivity index (χ2v) is 7.22. The van der Waals surface area contributed by atoms with Gasteiger partial charge in [-0.3, -0.25) is 18.7 Å². The van der Waals surface area contributed by atoms with E-state index in [0.717, 1.165) is 11.3 Å². The molecular weight excluding hydrogens is 334 g/mol. The van der Waals surface area contributed by atoms with Gasteiger partial charge in [0.2, 0.25) is 5.78 Å². The maximum absolute atomic E-state index is 12.5. The SMILES string of the molecule is CC(c1cccs1)N(C)Cc1nnc2n(C)c(=O)c3ccccc3n12. The fourth-order valence-corrected chi connectivity index (χ4v) is 3.95. The normalized spacial score (nSPS) is 13.1. The summed E-state index contributed by atoms with van der Waals surface area (Å²) in [4.78, 5) is 16.1. The van der Waals surface area contributed by atoms with Crippen molar-refractivity contribution in [3.05, 3.63) is 62.8 Å². The highest BCUT2D eigenvalue weighted by atomic mass is 32.1. The zero-order valence-corrected chi connectivity index (χ0v) is 15.2. The number of fused-ring (bicyclic) bond motifs is 3. The number of nitrogens with zero attached hydrogens (tertiary/aromatic N) is 5. The minimum atomic E-state index is -0.0534.